The molecule has 0 N–H and O–H groups in total. The van der Waals surface area contributed by atoms with Crippen LogP contribution in [0.2, 0.25) is 0 Å². The normalized spacial score (nSPS) is 12.6. The van der Waals surface area contributed by atoms with Crippen LogP contribution in [0.5, 0.6) is 0 Å². The molecule has 0 saturated carbocycles. The maximum Gasteiger partial charge on any atom is 0.306 e. The molecule has 0 aliphatic carbocycles. The van der Waals surface area contributed by atoms with Crippen molar-refractivity contribution in [2.45, 2.75) is 245 Å². The number of ether oxygens (including phenoxy) is 3. The molecular weight excluding hydrogens is 693 g/mol. The Morgan fingerprint density at radius 2 is 0.804 bits per heavy atom. The Kier molecular flexibility index (Phi) is 45.4. The van der Waals surface area contributed by atoms with Crippen molar-refractivity contribution < 1.29 is 23.8 Å². The average molecular weight is 785 g/mol. The molecule has 0 aromatic rings. The summed E-state index contributed by atoms with van der Waals surface area (Å²) in [6.45, 7) is 7.64. The van der Waals surface area contributed by atoms with Crippen molar-refractivity contribution in [1.82, 2.24) is 0 Å². The summed E-state index contributed by atoms with van der Waals surface area (Å²) in [5.41, 5.74) is 0. The van der Waals surface area contributed by atoms with Crippen molar-refractivity contribution in [2.75, 3.05) is 19.8 Å². The summed E-state index contributed by atoms with van der Waals surface area (Å²) >= 11 is 0. The van der Waals surface area contributed by atoms with Gasteiger partial charge in [0.1, 0.15) is 6.61 Å². The molecule has 0 aromatic carbocycles. The minimum Gasteiger partial charge on any atom is -0.462 e. The van der Waals surface area contributed by atoms with Crippen molar-refractivity contribution in [1.29, 1.82) is 0 Å². The zero-order chi connectivity index (χ0) is 40.7. The summed E-state index contributed by atoms with van der Waals surface area (Å²) < 4.78 is 17.2. The van der Waals surface area contributed by atoms with E-state index in [-0.39, 0.29) is 25.2 Å². The third-order valence-electron chi connectivity index (χ3n) is 10.3. The van der Waals surface area contributed by atoms with Crippen LogP contribution in [0.15, 0.2) is 48.6 Å². The van der Waals surface area contributed by atoms with Crippen LogP contribution in [-0.2, 0) is 23.8 Å². The van der Waals surface area contributed by atoms with Crippen molar-refractivity contribution in [3.05, 3.63) is 48.6 Å². The standard InChI is InChI=1S/C51H92O5/c1-4-7-10-13-15-17-19-21-23-24-25-26-27-29-31-33-35-37-40-43-46-54-47-49(56-51(53)45-42-38-12-9-6-3)48-55-50(52)44-41-39-36-34-32-30-28-22-20-18-16-14-11-8-5-2/h8,11,16,18,21-23,28,49H,4-7,9-10,12-15,17,19-20,24-27,29-48H2,1-3H3/b11-8-,18-16-,23-21-,28-22-. The Labute approximate surface area is 348 Å². The minimum atomic E-state index is -0.537. The molecular formula is C51H92O5. The minimum absolute atomic E-state index is 0.0767. The number of carbonyl (C=O) groups excluding carboxylic acids is 2. The zero-order valence-corrected chi connectivity index (χ0v) is 37.4. The van der Waals surface area contributed by atoms with Crippen LogP contribution in [0.1, 0.15) is 239 Å². The highest BCUT2D eigenvalue weighted by Crippen LogP contribution is 2.14. The summed E-state index contributed by atoms with van der Waals surface area (Å²) in [7, 11) is 0. The van der Waals surface area contributed by atoms with Gasteiger partial charge in [0.15, 0.2) is 6.10 Å². The van der Waals surface area contributed by atoms with Gasteiger partial charge in [-0.1, -0.05) is 198 Å². The monoisotopic (exact) mass is 785 g/mol. The molecule has 0 amide bonds. The number of unbranched alkanes of at least 4 members (excludes halogenated alkanes) is 25. The second-order valence-corrected chi connectivity index (χ2v) is 16.0. The van der Waals surface area contributed by atoms with Gasteiger partial charge in [0.25, 0.3) is 0 Å². The van der Waals surface area contributed by atoms with Gasteiger partial charge in [0, 0.05) is 19.4 Å². The van der Waals surface area contributed by atoms with Gasteiger partial charge in [-0.3, -0.25) is 9.59 Å². The molecule has 0 aliphatic rings. The third kappa shape index (κ3) is 44.6. The SMILES string of the molecule is CC/C=C\C/C=C\C/C=C\CCCCCCCC(=O)OCC(COCCCCCCCCCCCC/C=C\CCCCCCCC)OC(=O)CCCCCCC. The summed E-state index contributed by atoms with van der Waals surface area (Å²) in [6.07, 6.45) is 57.2. The van der Waals surface area contributed by atoms with Gasteiger partial charge in [-0.25, -0.2) is 0 Å². The Balaban J connectivity index is 4.02. The van der Waals surface area contributed by atoms with Gasteiger partial charge < -0.3 is 14.2 Å². The molecule has 0 aromatic heterocycles. The van der Waals surface area contributed by atoms with Crippen molar-refractivity contribution in [3.8, 4) is 0 Å². The van der Waals surface area contributed by atoms with Crippen LogP contribution < -0.4 is 0 Å². The lowest BCUT2D eigenvalue weighted by Crippen LogP contribution is -2.30. The first-order valence-corrected chi connectivity index (χ1v) is 24.2. The number of hydrogen-bond donors (Lipinski definition) is 0. The summed E-state index contributed by atoms with van der Waals surface area (Å²) in [5, 5.41) is 0. The van der Waals surface area contributed by atoms with Crippen molar-refractivity contribution in [2.24, 2.45) is 0 Å². The molecule has 0 spiro atoms. The lowest BCUT2D eigenvalue weighted by Gasteiger charge is -2.18. The van der Waals surface area contributed by atoms with Gasteiger partial charge in [-0.15, -0.1) is 0 Å². The van der Waals surface area contributed by atoms with Crippen molar-refractivity contribution in [3.63, 3.8) is 0 Å². The lowest BCUT2D eigenvalue weighted by atomic mass is 10.1. The molecule has 0 aliphatic heterocycles. The summed E-state index contributed by atoms with van der Waals surface area (Å²) in [6, 6.07) is 0. The third-order valence-corrected chi connectivity index (χ3v) is 10.3. The smallest absolute Gasteiger partial charge is 0.306 e. The molecule has 5 nitrogen and oxygen atoms in total. The van der Waals surface area contributed by atoms with Crippen LogP contribution in [0, 0.1) is 0 Å². The largest absolute Gasteiger partial charge is 0.462 e. The number of allylic oxidation sites excluding steroid dienone is 8. The molecule has 0 rings (SSSR count). The number of carbonyl (C=O) groups is 2. The number of hydrogen-bond acceptors (Lipinski definition) is 5. The maximum atomic E-state index is 12.6. The number of rotatable bonds is 44. The lowest BCUT2D eigenvalue weighted by molar-refractivity contribution is -0.163. The van der Waals surface area contributed by atoms with Gasteiger partial charge in [-0.2, -0.15) is 0 Å². The van der Waals surface area contributed by atoms with E-state index in [1.807, 2.05) is 0 Å². The topological polar surface area (TPSA) is 61.8 Å². The first-order valence-electron chi connectivity index (χ1n) is 24.2. The van der Waals surface area contributed by atoms with Gasteiger partial charge >= 0.3 is 11.9 Å². The van der Waals surface area contributed by atoms with Crippen LogP contribution >= 0.6 is 0 Å². The first-order chi connectivity index (χ1) is 27.6. The highest BCUT2D eigenvalue weighted by Gasteiger charge is 2.17. The first kappa shape index (κ1) is 53.9. The molecule has 326 valence electrons. The van der Waals surface area contributed by atoms with Crippen LogP contribution in [0.4, 0.5) is 0 Å². The van der Waals surface area contributed by atoms with E-state index in [1.165, 1.54) is 128 Å². The Bertz CT molecular complexity index is 935. The Morgan fingerprint density at radius 3 is 1.30 bits per heavy atom. The van der Waals surface area contributed by atoms with Gasteiger partial charge in [-0.05, 0) is 77.0 Å². The maximum absolute atomic E-state index is 12.6. The Hall–Kier alpha value is -2.14. The zero-order valence-electron chi connectivity index (χ0n) is 37.4. The number of esters is 2. The molecule has 56 heavy (non-hydrogen) atoms. The van der Waals surface area contributed by atoms with E-state index in [0.29, 0.717) is 19.4 Å². The van der Waals surface area contributed by atoms with Crippen LogP contribution in [0.25, 0.3) is 0 Å². The molecule has 0 fully saturated rings. The van der Waals surface area contributed by atoms with E-state index in [4.69, 9.17) is 14.2 Å². The fourth-order valence-electron chi connectivity index (χ4n) is 6.75. The van der Waals surface area contributed by atoms with Crippen LogP contribution in [0.3, 0.4) is 0 Å². The van der Waals surface area contributed by atoms with E-state index in [2.05, 4.69) is 69.4 Å². The van der Waals surface area contributed by atoms with E-state index >= 15 is 0 Å². The molecule has 0 radical (unpaired) electrons. The average Bonchev–Trinajstić information content (AvgIpc) is 3.20. The Morgan fingerprint density at radius 1 is 0.411 bits per heavy atom. The van der Waals surface area contributed by atoms with E-state index in [9.17, 15) is 9.59 Å². The highest BCUT2D eigenvalue weighted by molar-refractivity contribution is 5.70. The predicted molar refractivity (Wildman–Crippen MR) is 242 cm³/mol. The fraction of sp³-hybridized carbons (Fsp3) is 0.804. The second-order valence-electron chi connectivity index (χ2n) is 16.0. The molecule has 0 heterocycles. The quantitative estimate of drug-likeness (QED) is 0.0350. The van der Waals surface area contributed by atoms with E-state index in [0.717, 1.165) is 77.0 Å². The van der Waals surface area contributed by atoms with E-state index in [1.54, 1.807) is 0 Å². The predicted octanol–water partition coefficient (Wildman–Crippen LogP) is 16.0. The summed E-state index contributed by atoms with van der Waals surface area (Å²) in [5.74, 6) is -0.425. The molecule has 0 saturated heterocycles. The molecule has 5 heteroatoms. The van der Waals surface area contributed by atoms with Crippen molar-refractivity contribution >= 4 is 11.9 Å². The van der Waals surface area contributed by atoms with Gasteiger partial charge in [0.05, 0.1) is 6.61 Å². The van der Waals surface area contributed by atoms with Gasteiger partial charge in [0.2, 0.25) is 0 Å². The van der Waals surface area contributed by atoms with E-state index < -0.39 is 6.10 Å². The fourth-order valence-corrected chi connectivity index (χ4v) is 6.75. The molecule has 1 unspecified atom stereocenters. The highest BCUT2D eigenvalue weighted by atomic mass is 16.6. The summed E-state index contributed by atoms with van der Waals surface area (Å²) in [4.78, 5) is 25.0. The van der Waals surface area contributed by atoms with Crippen LogP contribution in [-0.4, -0.2) is 37.9 Å². The second kappa shape index (κ2) is 47.2. The molecule has 0 bridgehead atoms. The molecule has 1 atom stereocenters.